The minimum atomic E-state index is -0.102. The molecular formula is C24H30O2. The van der Waals surface area contributed by atoms with Gasteiger partial charge in [0.05, 0.1) is 0 Å². The Bertz CT molecular complexity index is 803. The van der Waals surface area contributed by atoms with Crippen molar-refractivity contribution in [3.63, 3.8) is 0 Å². The number of phenolic OH excluding ortho intramolecular Hbond substituents is 2. The molecule has 2 heteroatoms. The summed E-state index contributed by atoms with van der Waals surface area (Å²) in [4.78, 5) is 0. The fourth-order valence-electron chi connectivity index (χ4n) is 4.39. The lowest BCUT2D eigenvalue weighted by molar-refractivity contribution is 0.450. The molecule has 0 heterocycles. The van der Waals surface area contributed by atoms with Crippen molar-refractivity contribution in [1.82, 2.24) is 0 Å². The van der Waals surface area contributed by atoms with Crippen LogP contribution >= 0.6 is 0 Å². The van der Waals surface area contributed by atoms with Gasteiger partial charge in [0.2, 0.25) is 0 Å². The van der Waals surface area contributed by atoms with Crippen LogP contribution in [-0.4, -0.2) is 10.2 Å². The van der Waals surface area contributed by atoms with E-state index in [-0.39, 0.29) is 5.92 Å². The number of rotatable bonds is 3. The van der Waals surface area contributed by atoms with E-state index in [0.717, 1.165) is 46.2 Å². The molecule has 0 saturated heterocycles. The summed E-state index contributed by atoms with van der Waals surface area (Å²) < 4.78 is 0. The van der Waals surface area contributed by atoms with Crippen LogP contribution < -0.4 is 0 Å². The van der Waals surface area contributed by atoms with Gasteiger partial charge in [0.15, 0.2) is 0 Å². The van der Waals surface area contributed by atoms with Gasteiger partial charge in [-0.15, -0.1) is 0 Å². The third kappa shape index (κ3) is 3.51. The number of benzene rings is 2. The van der Waals surface area contributed by atoms with E-state index < -0.39 is 0 Å². The molecule has 0 bridgehead atoms. The molecule has 0 fully saturated rings. The first-order valence-corrected chi connectivity index (χ1v) is 9.58. The molecule has 0 radical (unpaired) electrons. The Morgan fingerprint density at radius 1 is 0.846 bits per heavy atom. The minimum Gasteiger partial charge on any atom is -0.507 e. The summed E-state index contributed by atoms with van der Waals surface area (Å²) in [6, 6.07) is 8.17. The maximum absolute atomic E-state index is 10.9. The maximum atomic E-state index is 10.9. The molecule has 1 aliphatic rings. The van der Waals surface area contributed by atoms with Gasteiger partial charge < -0.3 is 10.2 Å². The zero-order valence-electron chi connectivity index (χ0n) is 16.6. The molecule has 0 saturated carbocycles. The van der Waals surface area contributed by atoms with Gasteiger partial charge in [0.1, 0.15) is 11.5 Å². The molecule has 2 N–H and O–H groups in total. The first kappa shape index (κ1) is 18.6. The van der Waals surface area contributed by atoms with Crippen molar-refractivity contribution in [3.05, 3.63) is 69.3 Å². The second kappa shape index (κ2) is 7.19. The van der Waals surface area contributed by atoms with Crippen LogP contribution in [0.3, 0.4) is 0 Å². The first-order chi connectivity index (χ1) is 12.3. The largest absolute Gasteiger partial charge is 0.507 e. The number of allylic oxidation sites excluding steroid dienone is 2. The summed E-state index contributed by atoms with van der Waals surface area (Å²) in [5, 5.41) is 21.7. The molecular weight excluding hydrogens is 320 g/mol. The summed E-state index contributed by atoms with van der Waals surface area (Å²) >= 11 is 0. The third-order valence-electron chi connectivity index (χ3n) is 5.56. The van der Waals surface area contributed by atoms with E-state index in [1.807, 2.05) is 26.0 Å². The van der Waals surface area contributed by atoms with Gasteiger partial charge in [-0.25, -0.2) is 0 Å². The second-order valence-corrected chi connectivity index (χ2v) is 8.08. The smallest absolute Gasteiger partial charge is 0.122 e. The monoisotopic (exact) mass is 350 g/mol. The van der Waals surface area contributed by atoms with Gasteiger partial charge in [-0.05, 0) is 64.0 Å². The van der Waals surface area contributed by atoms with Crippen LogP contribution in [0.5, 0.6) is 11.5 Å². The first-order valence-electron chi connectivity index (χ1n) is 9.58. The number of hydrogen-bond acceptors (Lipinski definition) is 2. The average molecular weight is 351 g/mol. The molecule has 1 atom stereocenters. The lowest BCUT2D eigenvalue weighted by Gasteiger charge is -2.29. The fraction of sp³-hybridized carbons (Fsp3) is 0.417. The van der Waals surface area contributed by atoms with E-state index in [9.17, 15) is 10.2 Å². The third-order valence-corrected chi connectivity index (χ3v) is 5.56. The van der Waals surface area contributed by atoms with Gasteiger partial charge >= 0.3 is 0 Å². The Morgan fingerprint density at radius 2 is 1.35 bits per heavy atom. The van der Waals surface area contributed by atoms with Crippen LogP contribution in [0.2, 0.25) is 0 Å². The molecule has 2 aromatic carbocycles. The second-order valence-electron chi connectivity index (χ2n) is 8.08. The highest BCUT2D eigenvalue weighted by Crippen LogP contribution is 2.46. The summed E-state index contributed by atoms with van der Waals surface area (Å²) in [6.45, 7) is 10.3. The molecule has 0 aliphatic heterocycles. The number of aryl methyl sites for hydroxylation is 4. The maximum Gasteiger partial charge on any atom is 0.122 e. The topological polar surface area (TPSA) is 40.5 Å². The summed E-state index contributed by atoms with van der Waals surface area (Å²) in [6.07, 6.45) is 5.71. The number of phenols is 2. The van der Waals surface area contributed by atoms with Gasteiger partial charge in [0, 0.05) is 17.0 Å². The zero-order valence-corrected chi connectivity index (χ0v) is 16.6. The molecule has 0 aromatic heterocycles. The summed E-state index contributed by atoms with van der Waals surface area (Å²) in [5.41, 5.74) is 7.16. The minimum absolute atomic E-state index is 0.102. The molecule has 3 rings (SSSR count). The van der Waals surface area contributed by atoms with Gasteiger partial charge in [-0.3, -0.25) is 0 Å². The lowest BCUT2D eigenvalue weighted by atomic mass is 9.76. The van der Waals surface area contributed by atoms with Crippen LogP contribution in [0.15, 0.2) is 35.9 Å². The van der Waals surface area contributed by atoms with Gasteiger partial charge in [-0.2, -0.15) is 0 Å². The summed E-state index contributed by atoms with van der Waals surface area (Å²) in [5.74, 6) is 1.12. The Labute approximate surface area is 157 Å². The molecule has 0 spiro atoms. The molecule has 1 aliphatic carbocycles. The van der Waals surface area contributed by atoms with Gasteiger partial charge in [0.25, 0.3) is 0 Å². The predicted molar refractivity (Wildman–Crippen MR) is 108 cm³/mol. The highest BCUT2D eigenvalue weighted by molar-refractivity contribution is 5.57. The Kier molecular flexibility index (Phi) is 5.13. The fourth-order valence-corrected chi connectivity index (χ4v) is 4.39. The lowest BCUT2D eigenvalue weighted by Crippen LogP contribution is -2.12. The van der Waals surface area contributed by atoms with E-state index in [1.54, 1.807) is 0 Å². The van der Waals surface area contributed by atoms with E-state index in [4.69, 9.17) is 0 Å². The molecule has 1 unspecified atom stereocenters. The van der Waals surface area contributed by atoms with Crippen molar-refractivity contribution >= 4 is 0 Å². The SMILES string of the molecule is Cc1cc(C)c(O)c(C(C2=CC(C)CCC2)c2cc(C)cc(C)c2O)c1. The highest BCUT2D eigenvalue weighted by atomic mass is 16.3. The Hall–Kier alpha value is -2.22. The van der Waals surface area contributed by atoms with Crippen molar-refractivity contribution in [2.24, 2.45) is 5.92 Å². The zero-order chi connectivity index (χ0) is 19.0. The van der Waals surface area contributed by atoms with Crippen LogP contribution in [-0.2, 0) is 0 Å². The van der Waals surface area contributed by atoms with E-state index in [2.05, 4.69) is 39.0 Å². The molecule has 2 nitrogen and oxygen atoms in total. The standard InChI is InChI=1S/C24H30O2/c1-14-7-6-8-19(11-14)22(20-12-15(2)9-17(4)23(20)25)21-13-16(3)10-18(5)24(21)26/h9-14,22,25-26H,6-8H2,1-5H3. The van der Waals surface area contributed by atoms with Crippen molar-refractivity contribution in [3.8, 4) is 11.5 Å². The Balaban J connectivity index is 2.28. The van der Waals surface area contributed by atoms with Gasteiger partial charge in [-0.1, -0.05) is 54.0 Å². The highest BCUT2D eigenvalue weighted by Gasteiger charge is 2.28. The van der Waals surface area contributed by atoms with Crippen molar-refractivity contribution in [2.75, 3.05) is 0 Å². The number of aromatic hydroxyl groups is 2. The van der Waals surface area contributed by atoms with Crippen molar-refractivity contribution in [1.29, 1.82) is 0 Å². The quantitative estimate of drug-likeness (QED) is 0.646. The van der Waals surface area contributed by atoms with Crippen LogP contribution in [0.1, 0.15) is 65.5 Å². The van der Waals surface area contributed by atoms with Crippen LogP contribution in [0.25, 0.3) is 0 Å². The predicted octanol–water partition coefficient (Wildman–Crippen LogP) is 6.21. The van der Waals surface area contributed by atoms with Crippen molar-refractivity contribution in [2.45, 2.75) is 59.8 Å². The molecule has 2 aromatic rings. The number of hydrogen-bond donors (Lipinski definition) is 2. The van der Waals surface area contributed by atoms with Crippen LogP contribution in [0.4, 0.5) is 0 Å². The Morgan fingerprint density at radius 3 is 1.81 bits per heavy atom. The van der Waals surface area contributed by atoms with E-state index >= 15 is 0 Å². The van der Waals surface area contributed by atoms with Crippen LogP contribution in [0, 0.1) is 33.6 Å². The normalized spacial score (nSPS) is 17.5. The molecule has 26 heavy (non-hydrogen) atoms. The molecule has 0 amide bonds. The average Bonchev–Trinajstić information content (AvgIpc) is 2.56. The molecule has 138 valence electrons. The van der Waals surface area contributed by atoms with E-state index in [0.29, 0.717) is 17.4 Å². The van der Waals surface area contributed by atoms with E-state index in [1.165, 1.54) is 12.0 Å². The summed E-state index contributed by atoms with van der Waals surface area (Å²) in [7, 11) is 0. The van der Waals surface area contributed by atoms with Crippen molar-refractivity contribution < 1.29 is 10.2 Å².